The van der Waals surface area contributed by atoms with Crippen molar-refractivity contribution in [3.8, 4) is 0 Å². The van der Waals surface area contributed by atoms with Gasteiger partial charge >= 0.3 is 6.18 Å². The number of hydrogen-bond acceptors (Lipinski definition) is 4. The van der Waals surface area contributed by atoms with Crippen LogP contribution in [0.15, 0.2) is 17.6 Å². The Hall–Kier alpha value is -1.90. The van der Waals surface area contributed by atoms with Gasteiger partial charge in [0.05, 0.1) is 11.4 Å². The molecule has 0 radical (unpaired) electrons. The molecule has 2 aromatic heterocycles. The van der Waals surface area contributed by atoms with Gasteiger partial charge in [-0.15, -0.1) is 0 Å². The van der Waals surface area contributed by atoms with Gasteiger partial charge in [0, 0.05) is 11.6 Å². The molecule has 0 aliphatic heterocycles. The van der Waals surface area contributed by atoms with E-state index in [1.807, 2.05) is 0 Å². The minimum atomic E-state index is -4.50. The molecule has 0 aromatic carbocycles. The lowest BCUT2D eigenvalue weighted by atomic mass is 10.4. The summed E-state index contributed by atoms with van der Waals surface area (Å²) in [7, 11) is 0. The molecule has 1 N–H and O–H groups in total. The molecule has 0 saturated carbocycles. The van der Waals surface area contributed by atoms with Crippen LogP contribution < -0.4 is 5.32 Å². The maximum Gasteiger partial charge on any atom is 0.435 e. The molecule has 2 rings (SSSR count). The summed E-state index contributed by atoms with van der Waals surface area (Å²) >= 11 is 1.19. The van der Waals surface area contributed by atoms with Crippen molar-refractivity contribution < 1.29 is 18.0 Å². The molecule has 19 heavy (non-hydrogen) atoms. The van der Waals surface area contributed by atoms with E-state index < -0.39 is 17.8 Å². The lowest BCUT2D eigenvalue weighted by Gasteiger charge is -2.04. The van der Waals surface area contributed by atoms with Gasteiger partial charge in [0.15, 0.2) is 5.69 Å². The Labute approximate surface area is 110 Å². The van der Waals surface area contributed by atoms with E-state index in [-0.39, 0.29) is 6.54 Å². The Kier molecular flexibility index (Phi) is 3.56. The molecule has 0 aliphatic rings. The SMILES string of the molecule is Cc1nscc1NC(=O)Cn1ccc(C(F)(F)F)n1. The number of aryl methyl sites for hydroxylation is 1. The van der Waals surface area contributed by atoms with Crippen molar-refractivity contribution in [3.63, 3.8) is 0 Å². The van der Waals surface area contributed by atoms with Gasteiger partial charge < -0.3 is 5.32 Å². The zero-order valence-corrected chi connectivity index (χ0v) is 10.5. The molecule has 0 aliphatic carbocycles. The number of carbonyl (C=O) groups excluding carboxylic acids is 1. The summed E-state index contributed by atoms with van der Waals surface area (Å²) in [6.07, 6.45) is -3.39. The number of hydrogen-bond donors (Lipinski definition) is 1. The molecule has 2 heterocycles. The molecule has 0 fully saturated rings. The van der Waals surface area contributed by atoms with Gasteiger partial charge in [-0.25, -0.2) is 0 Å². The summed E-state index contributed by atoms with van der Waals surface area (Å²) < 4.78 is 41.8. The second-order valence-electron chi connectivity index (χ2n) is 3.76. The molecule has 5 nitrogen and oxygen atoms in total. The van der Waals surface area contributed by atoms with Crippen molar-refractivity contribution >= 4 is 23.1 Å². The van der Waals surface area contributed by atoms with Crippen LogP contribution in [0.5, 0.6) is 0 Å². The van der Waals surface area contributed by atoms with E-state index >= 15 is 0 Å². The van der Waals surface area contributed by atoms with Gasteiger partial charge in [-0.05, 0) is 24.5 Å². The van der Waals surface area contributed by atoms with Crippen molar-refractivity contribution in [1.82, 2.24) is 14.2 Å². The predicted molar refractivity (Wildman–Crippen MR) is 62.7 cm³/mol. The number of nitrogens with one attached hydrogen (secondary N) is 1. The number of anilines is 1. The lowest BCUT2D eigenvalue weighted by Crippen LogP contribution is -2.19. The van der Waals surface area contributed by atoms with E-state index in [0.29, 0.717) is 11.4 Å². The van der Waals surface area contributed by atoms with E-state index in [9.17, 15) is 18.0 Å². The summed E-state index contributed by atoms with van der Waals surface area (Å²) in [6.45, 7) is 1.44. The highest BCUT2D eigenvalue weighted by atomic mass is 32.1. The third kappa shape index (κ3) is 3.31. The molecule has 0 spiro atoms. The Balaban J connectivity index is 2.00. The fourth-order valence-corrected chi connectivity index (χ4v) is 1.99. The zero-order chi connectivity index (χ0) is 14.0. The predicted octanol–water partition coefficient (Wildman–Crippen LogP) is 2.31. The topological polar surface area (TPSA) is 59.8 Å². The van der Waals surface area contributed by atoms with Crippen molar-refractivity contribution in [2.24, 2.45) is 0 Å². The Morgan fingerprint density at radius 3 is 2.79 bits per heavy atom. The monoisotopic (exact) mass is 290 g/mol. The highest BCUT2D eigenvalue weighted by Gasteiger charge is 2.33. The van der Waals surface area contributed by atoms with Crippen molar-refractivity contribution in [2.75, 3.05) is 5.32 Å². The highest BCUT2D eigenvalue weighted by molar-refractivity contribution is 7.04. The Bertz CT molecular complexity index is 590. The van der Waals surface area contributed by atoms with E-state index in [0.717, 1.165) is 16.9 Å². The first-order valence-corrected chi connectivity index (χ1v) is 6.01. The van der Waals surface area contributed by atoms with Crippen LogP contribution in [-0.2, 0) is 17.5 Å². The molecule has 102 valence electrons. The molecule has 2 aromatic rings. The average molecular weight is 290 g/mol. The zero-order valence-electron chi connectivity index (χ0n) is 9.73. The number of halogens is 3. The number of amides is 1. The maximum absolute atomic E-state index is 12.3. The van der Waals surface area contributed by atoms with Gasteiger partial charge in [-0.1, -0.05) is 0 Å². The summed E-state index contributed by atoms with van der Waals surface area (Å²) in [5.41, 5.74) is 0.196. The van der Waals surface area contributed by atoms with Gasteiger partial charge in [-0.3, -0.25) is 9.48 Å². The third-order valence-corrected chi connectivity index (χ3v) is 2.98. The lowest BCUT2D eigenvalue weighted by molar-refractivity contribution is -0.141. The second-order valence-corrected chi connectivity index (χ2v) is 4.39. The van der Waals surface area contributed by atoms with Crippen molar-refractivity contribution in [3.05, 3.63) is 29.0 Å². The number of alkyl halides is 3. The van der Waals surface area contributed by atoms with Gasteiger partial charge in [0.2, 0.25) is 5.91 Å². The van der Waals surface area contributed by atoms with Crippen LogP contribution in [-0.4, -0.2) is 20.1 Å². The first-order chi connectivity index (χ1) is 8.86. The van der Waals surface area contributed by atoms with Crippen LogP contribution in [0.4, 0.5) is 18.9 Å². The van der Waals surface area contributed by atoms with E-state index in [1.54, 1.807) is 12.3 Å². The molecule has 0 saturated heterocycles. The quantitative estimate of drug-likeness (QED) is 0.943. The second kappa shape index (κ2) is 5.00. The molecule has 0 unspecified atom stereocenters. The first-order valence-electron chi connectivity index (χ1n) is 5.18. The minimum absolute atomic E-state index is 0.286. The number of carbonyl (C=O) groups is 1. The average Bonchev–Trinajstić information content (AvgIpc) is 2.88. The van der Waals surface area contributed by atoms with Crippen LogP contribution in [0, 0.1) is 6.92 Å². The first kappa shape index (κ1) is 13.5. The number of rotatable bonds is 3. The number of aromatic nitrogens is 3. The molecular formula is C10H9F3N4OS. The van der Waals surface area contributed by atoms with Crippen LogP contribution in [0.2, 0.25) is 0 Å². The van der Waals surface area contributed by atoms with E-state index in [2.05, 4.69) is 14.8 Å². The largest absolute Gasteiger partial charge is 0.435 e. The van der Waals surface area contributed by atoms with Crippen LogP contribution in [0.25, 0.3) is 0 Å². The normalized spacial score (nSPS) is 11.6. The molecular weight excluding hydrogens is 281 g/mol. The summed E-state index contributed by atoms with van der Waals surface area (Å²) in [5.74, 6) is -0.458. The maximum atomic E-state index is 12.3. The van der Waals surface area contributed by atoms with Gasteiger partial charge in [0.1, 0.15) is 6.54 Å². The smallest absolute Gasteiger partial charge is 0.322 e. The van der Waals surface area contributed by atoms with Gasteiger partial charge in [0.25, 0.3) is 0 Å². The molecule has 1 amide bonds. The van der Waals surface area contributed by atoms with Crippen LogP contribution in [0.1, 0.15) is 11.4 Å². The highest BCUT2D eigenvalue weighted by Crippen LogP contribution is 2.27. The van der Waals surface area contributed by atoms with E-state index in [1.165, 1.54) is 11.5 Å². The fraction of sp³-hybridized carbons (Fsp3) is 0.300. The standard InChI is InChI=1S/C10H9F3N4OS/c1-6-7(5-19-16-6)14-9(18)4-17-3-2-8(15-17)10(11,12)13/h2-3,5H,4H2,1H3,(H,14,18). The third-order valence-electron chi connectivity index (χ3n) is 2.26. The molecule has 9 heteroatoms. The van der Waals surface area contributed by atoms with Crippen LogP contribution in [0.3, 0.4) is 0 Å². The summed E-state index contributed by atoms with van der Waals surface area (Å²) in [6, 6.07) is 0.824. The fourth-order valence-electron chi connectivity index (χ4n) is 1.35. The van der Waals surface area contributed by atoms with Gasteiger partial charge in [-0.2, -0.15) is 22.6 Å². The Morgan fingerprint density at radius 2 is 2.26 bits per heavy atom. The minimum Gasteiger partial charge on any atom is -0.322 e. The molecule has 0 bridgehead atoms. The molecule has 0 atom stereocenters. The van der Waals surface area contributed by atoms with E-state index in [4.69, 9.17) is 0 Å². The van der Waals surface area contributed by atoms with Crippen molar-refractivity contribution in [1.29, 1.82) is 0 Å². The summed E-state index contributed by atoms with van der Waals surface area (Å²) in [5, 5.41) is 7.49. The van der Waals surface area contributed by atoms with Crippen LogP contribution >= 0.6 is 11.5 Å². The Morgan fingerprint density at radius 1 is 1.53 bits per heavy atom. The number of nitrogens with zero attached hydrogens (tertiary/aromatic N) is 3. The summed E-state index contributed by atoms with van der Waals surface area (Å²) in [4.78, 5) is 11.6. The van der Waals surface area contributed by atoms with Crippen molar-refractivity contribution in [2.45, 2.75) is 19.6 Å².